The van der Waals surface area contributed by atoms with Gasteiger partial charge in [-0.1, -0.05) is 25.7 Å². The van der Waals surface area contributed by atoms with Gasteiger partial charge in [0, 0.05) is 5.69 Å². The van der Waals surface area contributed by atoms with E-state index < -0.39 is 0 Å². The van der Waals surface area contributed by atoms with E-state index in [0.717, 1.165) is 11.4 Å². The van der Waals surface area contributed by atoms with Crippen molar-refractivity contribution in [2.45, 2.75) is 64.6 Å². The van der Waals surface area contributed by atoms with E-state index in [9.17, 15) is 0 Å². The lowest BCUT2D eigenvalue weighted by Crippen LogP contribution is -2.24. The minimum Gasteiger partial charge on any atom is -0.491 e. The molecule has 1 aliphatic rings. The summed E-state index contributed by atoms with van der Waals surface area (Å²) in [7, 11) is 0. The van der Waals surface area contributed by atoms with Crippen LogP contribution in [0.2, 0.25) is 0 Å². The number of ether oxygens (including phenoxy) is 2. The number of benzene rings is 1. The van der Waals surface area contributed by atoms with Crippen molar-refractivity contribution in [2.75, 3.05) is 18.5 Å². The van der Waals surface area contributed by atoms with Gasteiger partial charge in [-0.25, -0.2) is 0 Å². The fourth-order valence-electron chi connectivity index (χ4n) is 2.87. The lowest BCUT2D eigenvalue weighted by Gasteiger charge is -2.14. The van der Waals surface area contributed by atoms with Crippen LogP contribution in [-0.4, -0.2) is 31.3 Å². The molecular formula is C19H32IN3O2. The summed E-state index contributed by atoms with van der Waals surface area (Å²) >= 11 is 0. The first-order chi connectivity index (χ1) is 11.6. The molecule has 0 unspecified atom stereocenters. The van der Waals surface area contributed by atoms with Gasteiger partial charge < -0.3 is 20.5 Å². The molecule has 0 aromatic heterocycles. The van der Waals surface area contributed by atoms with Crippen LogP contribution in [0.4, 0.5) is 5.69 Å². The molecule has 1 aromatic carbocycles. The lowest BCUT2D eigenvalue weighted by atomic mass is 10.1. The highest BCUT2D eigenvalue weighted by atomic mass is 127. The number of halogens is 1. The van der Waals surface area contributed by atoms with Crippen LogP contribution in [0.1, 0.15) is 52.4 Å². The van der Waals surface area contributed by atoms with Crippen molar-refractivity contribution in [1.29, 1.82) is 0 Å². The summed E-state index contributed by atoms with van der Waals surface area (Å²) < 4.78 is 11.5. The predicted octanol–water partition coefficient (Wildman–Crippen LogP) is 4.56. The smallest absolute Gasteiger partial charge is 0.193 e. The van der Waals surface area contributed by atoms with Crippen molar-refractivity contribution < 1.29 is 9.47 Å². The van der Waals surface area contributed by atoms with Crippen LogP contribution in [-0.2, 0) is 4.74 Å². The Morgan fingerprint density at radius 2 is 1.80 bits per heavy atom. The van der Waals surface area contributed by atoms with Crippen molar-refractivity contribution in [2.24, 2.45) is 10.7 Å². The first-order valence-corrected chi connectivity index (χ1v) is 9.09. The summed E-state index contributed by atoms with van der Waals surface area (Å²) in [5, 5.41) is 3.09. The number of hydrogen-bond donors (Lipinski definition) is 2. The van der Waals surface area contributed by atoms with Gasteiger partial charge in [0.15, 0.2) is 5.96 Å². The molecule has 0 spiro atoms. The van der Waals surface area contributed by atoms with E-state index in [0.29, 0.717) is 25.2 Å². The van der Waals surface area contributed by atoms with E-state index >= 15 is 0 Å². The minimum absolute atomic E-state index is 0. The minimum atomic E-state index is 0. The van der Waals surface area contributed by atoms with Gasteiger partial charge >= 0.3 is 0 Å². The Morgan fingerprint density at radius 1 is 1.16 bits per heavy atom. The number of aliphatic imine (C=N–C) groups is 1. The zero-order chi connectivity index (χ0) is 17.2. The molecule has 0 saturated heterocycles. The van der Waals surface area contributed by atoms with Gasteiger partial charge in [-0.05, 0) is 51.0 Å². The van der Waals surface area contributed by atoms with Gasteiger partial charge in [0.2, 0.25) is 0 Å². The first kappa shape index (κ1) is 22.0. The average molecular weight is 461 g/mol. The van der Waals surface area contributed by atoms with Gasteiger partial charge in [0.1, 0.15) is 5.75 Å². The molecule has 0 bridgehead atoms. The van der Waals surface area contributed by atoms with Gasteiger partial charge in [0.05, 0.1) is 25.4 Å². The molecule has 1 aromatic rings. The highest BCUT2D eigenvalue weighted by molar-refractivity contribution is 14.0. The Morgan fingerprint density at radius 3 is 2.40 bits per heavy atom. The molecule has 142 valence electrons. The van der Waals surface area contributed by atoms with Gasteiger partial charge in [-0.15, -0.1) is 24.0 Å². The summed E-state index contributed by atoms with van der Waals surface area (Å²) in [6.07, 6.45) is 8.20. The molecule has 0 amide bonds. The SMILES string of the molecule is CC(C)Oc1ccc(NC(N)=NCCOC2CCCCCC2)cc1.I. The van der Waals surface area contributed by atoms with Crippen LogP contribution < -0.4 is 15.8 Å². The van der Waals surface area contributed by atoms with Crippen LogP contribution in [0.3, 0.4) is 0 Å². The third kappa shape index (κ3) is 9.30. The number of nitrogens with zero attached hydrogens (tertiary/aromatic N) is 1. The molecule has 1 fully saturated rings. The van der Waals surface area contributed by atoms with E-state index in [1.54, 1.807) is 0 Å². The molecule has 3 N–H and O–H groups in total. The van der Waals surface area contributed by atoms with Crippen molar-refractivity contribution in [1.82, 2.24) is 0 Å². The third-order valence-corrected chi connectivity index (χ3v) is 4.03. The van der Waals surface area contributed by atoms with Crippen LogP contribution in [0, 0.1) is 0 Å². The average Bonchev–Trinajstić information content (AvgIpc) is 2.82. The zero-order valence-electron chi connectivity index (χ0n) is 15.4. The molecule has 1 aliphatic carbocycles. The van der Waals surface area contributed by atoms with E-state index in [2.05, 4.69) is 10.3 Å². The second kappa shape index (κ2) is 12.4. The van der Waals surface area contributed by atoms with Gasteiger partial charge in [0.25, 0.3) is 0 Å². The number of hydrogen-bond acceptors (Lipinski definition) is 3. The van der Waals surface area contributed by atoms with Crippen molar-refractivity contribution in [3.05, 3.63) is 24.3 Å². The number of guanidine groups is 1. The van der Waals surface area contributed by atoms with Crippen LogP contribution in [0.25, 0.3) is 0 Å². The standard InChI is InChI=1S/C19H31N3O2.HI/c1-15(2)24-18-11-9-16(10-12-18)22-19(20)21-13-14-23-17-7-5-3-4-6-8-17;/h9-12,15,17H,3-8,13-14H2,1-2H3,(H3,20,21,22);1H. The molecule has 0 atom stereocenters. The Labute approximate surface area is 168 Å². The Kier molecular flexibility index (Phi) is 10.9. The molecular weight excluding hydrogens is 429 g/mol. The molecule has 6 heteroatoms. The summed E-state index contributed by atoms with van der Waals surface area (Å²) in [6, 6.07) is 7.71. The second-order valence-corrected chi connectivity index (χ2v) is 6.57. The fraction of sp³-hybridized carbons (Fsp3) is 0.632. The Balaban J connectivity index is 0.00000312. The third-order valence-electron chi connectivity index (χ3n) is 4.03. The first-order valence-electron chi connectivity index (χ1n) is 9.09. The number of nitrogens with one attached hydrogen (secondary N) is 1. The normalized spacial score (nSPS) is 16.2. The van der Waals surface area contributed by atoms with Gasteiger partial charge in [-0.2, -0.15) is 0 Å². The largest absolute Gasteiger partial charge is 0.491 e. The number of anilines is 1. The van der Waals surface area contributed by atoms with Crippen molar-refractivity contribution in [3.8, 4) is 5.75 Å². The summed E-state index contributed by atoms with van der Waals surface area (Å²) in [4.78, 5) is 4.33. The molecule has 0 radical (unpaired) electrons. The Bertz CT molecular complexity index is 498. The fourth-order valence-corrected chi connectivity index (χ4v) is 2.87. The number of nitrogens with two attached hydrogens (primary N) is 1. The van der Waals surface area contributed by atoms with E-state index in [1.165, 1.54) is 38.5 Å². The Hall–Kier alpha value is -1.02. The monoisotopic (exact) mass is 461 g/mol. The van der Waals surface area contributed by atoms with Crippen molar-refractivity contribution >= 4 is 35.6 Å². The van der Waals surface area contributed by atoms with Crippen LogP contribution >= 0.6 is 24.0 Å². The molecule has 25 heavy (non-hydrogen) atoms. The maximum Gasteiger partial charge on any atom is 0.193 e. The zero-order valence-corrected chi connectivity index (χ0v) is 17.7. The molecule has 5 nitrogen and oxygen atoms in total. The molecule has 0 heterocycles. The van der Waals surface area contributed by atoms with E-state index in [4.69, 9.17) is 15.2 Å². The quantitative estimate of drug-likeness (QED) is 0.205. The molecule has 1 saturated carbocycles. The lowest BCUT2D eigenvalue weighted by molar-refractivity contribution is 0.0487. The summed E-state index contributed by atoms with van der Waals surface area (Å²) in [6.45, 7) is 5.24. The van der Waals surface area contributed by atoms with Gasteiger partial charge in [-0.3, -0.25) is 4.99 Å². The van der Waals surface area contributed by atoms with Crippen LogP contribution in [0.15, 0.2) is 29.3 Å². The number of rotatable bonds is 7. The highest BCUT2D eigenvalue weighted by Crippen LogP contribution is 2.19. The van der Waals surface area contributed by atoms with Crippen molar-refractivity contribution in [3.63, 3.8) is 0 Å². The predicted molar refractivity (Wildman–Crippen MR) is 115 cm³/mol. The van der Waals surface area contributed by atoms with E-state index in [1.807, 2.05) is 38.1 Å². The van der Waals surface area contributed by atoms with E-state index in [-0.39, 0.29) is 30.1 Å². The second-order valence-electron chi connectivity index (χ2n) is 6.57. The topological polar surface area (TPSA) is 68.9 Å². The maximum atomic E-state index is 5.92. The highest BCUT2D eigenvalue weighted by Gasteiger charge is 2.11. The summed E-state index contributed by atoms with van der Waals surface area (Å²) in [5.74, 6) is 1.26. The van der Waals surface area contributed by atoms with Crippen LogP contribution in [0.5, 0.6) is 5.75 Å². The maximum absolute atomic E-state index is 5.92. The molecule has 0 aliphatic heterocycles. The summed E-state index contributed by atoms with van der Waals surface area (Å²) in [5.41, 5.74) is 6.82. The molecule has 2 rings (SSSR count).